The number of hydrogen-bond acceptors (Lipinski definition) is 5. The first-order valence-electron chi connectivity index (χ1n) is 8.16. The van der Waals surface area contributed by atoms with Gasteiger partial charge in [0.15, 0.2) is 17.0 Å². The quantitative estimate of drug-likeness (QED) is 0.612. The molecule has 25 heavy (non-hydrogen) atoms. The molecule has 2 atom stereocenters. The van der Waals surface area contributed by atoms with Gasteiger partial charge >= 0.3 is 5.97 Å². The second kappa shape index (κ2) is 5.99. The standard InChI is InChI=1S/C20H20O5/c1-19(2,3)25-18(23)20-10-9-14(21)11-17(20)24-15(12-16(20)22)13-7-5-4-6-8-13/h4-10,12,17H,11H2,1-3H3. The Balaban J connectivity index is 2.04. The molecule has 3 rings (SSSR count). The number of hydrogen-bond donors (Lipinski definition) is 0. The molecule has 130 valence electrons. The van der Waals surface area contributed by atoms with E-state index in [1.54, 1.807) is 32.9 Å². The molecule has 1 aliphatic heterocycles. The van der Waals surface area contributed by atoms with Gasteiger partial charge in [0.2, 0.25) is 0 Å². The first kappa shape index (κ1) is 17.1. The van der Waals surface area contributed by atoms with Crippen molar-refractivity contribution < 1.29 is 23.9 Å². The van der Waals surface area contributed by atoms with Crippen LogP contribution >= 0.6 is 0 Å². The van der Waals surface area contributed by atoms with Gasteiger partial charge in [0.05, 0.1) is 0 Å². The molecule has 0 N–H and O–H groups in total. The minimum Gasteiger partial charge on any atom is -0.487 e. The predicted molar refractivity (Wildman–Crippen MR) is 91.3 cm³/mol. The minimum atomic E-state index is -1.61. The number of carbonyl (C=O) groups excluding carboxylic acids is 3. The molecule has 1 heterocycles. The molecule has 0 amide bonds. The number of allylic oxidation sites excluding steroid dienone is 2. The van der Waals surface area contributed by atoms with Crippen LogP contribution in [0.25, 0.3) is 5.76 Å². The monoisotopic (exact) mass is 340 g/mol. The molecule has 1 aliphatic carbocycles. The molecule has 0 radical (unpaired) electrons. The van der Waals surface area contributed by atoms with Crippen molar-refractivity contribution in [2.24, 2.45) is 5.41 Å². The van der Waals surface area contributed by atoms with Crippen LogP contribution in [0, 0.1) is 5.41 Å². The Morgan fingerprint density at radius 1 is 1.20 bits per heavy atom. The van der Waals surface area contributed by atoms with Crippen LogP contribution in [0.1, 0.15) is 32.8 Å². The second-order valence-corrected chi connectivity index (χ2v) is 7.22. The van der Waals surface area contributed by atoms with E-state index in [1.165, 1.54) is 18.2 Å². The Morgan fingerprint density at radius 2 is 1.88 bits per heavy atom. The van der Waals surface area contributed by atoms with Crippen molar-refractivity contribution in [2.45, 2.75) is 38.9 Å². The summed E-state index contributed by atoms with van der Waals surface area (Å²) in [6.45, 7) is 5.19. The van der Waals surface area contributed by atoms with Crippen LogP contribution in [0.4, 0.5) is 0 Å². The molecule has 1 aromatic carbocycles. The average molecular weight is 340 g/mol. The fourth-order valence-electron chi connectivity index (χ4n) is 2.96. The van der Waals surface area contributed by atoms with Crippen LogP contribution in [-0.2, 0) is 23.9 Å². The number of rotatable bonds is 2. The summed E-state index contributed by atoms with van der Waals surface area (Å²) in [7, 11) is 0. The van der Waals surface area contributed by atoms with Crippen molar-refractivity contribution in [3.05, 3.63) is 54.1 Å². The lowest BCUT2D eigenvalue weighted by Gasteiger charge is -2.40. The van der Waals surface area contributed by atoms with Crippen molar-refractivity contribution in [2.75, 3.05) is 0 Å². The van der Waals surface area contributed by atoms with Crippen LogP contribution < -0.4 is 0 Å². The van der Waals surface area contributed by atoms with E-state index in [0.29, 0.717) is 5.76 Å². The first-order chi connectivity index (χ1) is 11.7. The summed E-state index contributed by atoms with van der Waals surface area (Å²) in [5, 5.41) is 0. The maximum atomic E-state index is 12.9. The largest absolute Gasteiger partial charge is 0.487 e. The second-order valence-electron chi connectivity index (χ2n) is 7.22. The highest BCUT2D eigenvalue weighted by atomic mass is 16.6. The fraction of sp³-hybridized carbons (Fsp3) is 0.350. The molecule has 0 bridgehead atoms. The van der Waals surface area contributed by atoms with E-state index < -0.39 is 28.9 Å². The van der Waals surface area contributed by atoms with Crippen molar-refractivity contribution >= 4 is 23.3 Å². The molecule has 5 heteroatoms. The van der Waals surface area contributed by atoms with E-state index in [1.807, 2.05) is 18.2 Å². The maximum Gasteiger partial charge on any atom is 0.328 e. The van der Waals surface area contributed by atoms with Gasteiger partial charge in [-0.05, 0) is 26.8 Å². The molecule has 0 saturated heterocycles. The third-order valence-corrected chi connectivity index (χ3v) is 4.16. The molecule has 1 aromatic rings. The highest BCUT2D eigenvalue weighted by Crippen LogP contribution is 2.42. The molecule has 0 fully saturated rings. The van der Waals surface area contributed by atoms with Crippen molar-refractivity contribution in [3.63, 3.8) is 0 Å². The predicted octanol–water partition coefficient (Wildman–Crippen LogP) is 2.85. The zero-order valence-electron chi connectivity index (χ0n) is 14.4. The first-order valence-corrected chi connectivity index (χ1v) is 8.16. The van der Waals surface area contributed by atoms with Crippen molar-refractivity contribution in [3.8, 4) is 0 Å². The molecule has 2 unspecified atom stereocenters. The van der Waals surface area contributed by atoms with Crippen LogP contribution in [0.5, 0.6) is 0 Å². The number of ether oxygens (including phenoxy) is 2. The molecule has 0 saturated carbocycles. The summed E-state index contributed by atoms with van der Waals surface area (Å²) in [5.41, 5.74) is -1.65. The van der Waals surface area contributed by atoms with E-state index >= 15 is 0 Å². The van der Waals surface area contributed by atoms with Crippen LogP contribution in [-0.4, -0.2) is 29.2 Å². The van der Waals surface area contributed by atoms with Crippen LogP contribution in [0.15, 0.2) is 48.6 Å². The van der Waals surface area contributed by atoms with Gasteiger partial charge < -0.3 is 9.47 Å². The number of ketones is 2. The highest BCUT2D eigenvalue weighted by Gasteiger charge is 2.57. The lowest BCUT2D eigenvalue weighted by atomic mass is 9.71. The van der Waals surface area contributed by atoms with E-state index in [9.17, 15) is 14.4 Å². The summed E-state index contributed by atoms with van der Waals surface area (Å²) in [4.78, 5) is 37.6. The number of esters is 1. The van der Waals surface area contributed by atoms with E-state index in [4.69, 9.17) is 9.47 Å². The third kappa shape index (κ3) is 3.14. The van der Waals surface area contributed by atoms with Gasteiger partial charge in [0.1, 0.15) is 17.5 Å². The number of benzene rings is 1. The van der Waals surface area contributed by atoms with E-state index in [-0.39, 0.29) is 12.2 Å². The summed E-state index contributed by atoms with van der Waals surface area (Å²) in [6, 6.07) is 9.12. The zero-order chi connectivity index (χ0) is 18.2. The van der Waals surface area contributed by atoms with Gasteiger partial charge in [-0.3, -0.25) is 14.4 Å². The van der Waals surface area contributed by atoms with Crippen molar-refractivity contribution in [1.29, 1.82) is 0 Å². The van der Waals surface area contributed by atoms with E-state index in [2.05, 4.69) is 0 Å². The normalized spacial score (nSPS) is 25.7. The highest BCUT2D eigenvalue weighted by molar-refractivity contribution is 6.16. The third-order valence-electron chi connectivity index (χ3n) is 4.16. The van der Waals surface area contributed by atoms with Gasteiger partial charge in [0.25, 0.3) is 0 Å². The SMILES string of the molecule is CC(C)(C)OC(=O)C12C=CC(=O)CC1OC(c1ccccc1)=CC2=O. The summed E-state index contributed by atoms with van der Waals surface area (Å²) >= 11 is 0. The van der Waals surface area contributed by atoms with Crippen LogP contribution in [0.3, 0.4) is 0 Å². The molecular weight excluding hydrogens is 320 g/mol. The van der Waals surface area contributed by atoms with Crippen LogP contribution in [0.2, 0.25) is 0 Å². The van der Waals surface area contributed by atoms with Gasteiger partial charge in [-0.1, -0.05) is 36.4 Å². The Kier molecular flexibility index (Phi) is 4.11. The van der Waals surface area contributed by atoms with Gasteiger partial charge in [0, 0.05) is 18.1 Å². The zero-order valence-corrected chi connectivity index (χ0v) is 14.4. The molecule has 0 spiro atoms. The molecule has 2 aliphatic rings. The average Bonchev–Trinajstić information content (AvgIpc) is 2.53. The summed E-state index contributed by atoms with van der Waals surface area (Å²) in [6.07, 6.45) is 2.95. The van der Waals surface area contributed by atoms with Gasteiger partial charge in [-0.2, -0.15) is 0 Å². The summed E-state index contributed by atoms with van der Waals surface area (Å²) < 4.78 is 11.4. The molecule has 0 aromatic heterocycles. The lowest BCUT2D eigenvalue weighted by Crippen LogP contribution is -2.54. The number of carbonyl (C=O) groups is 3. The Hall–Kier alpha value is -2.69. The minimum absolute atomic E-state index is 0.0499. The fourth-order valence-corrected chi connectivity index (χ4v) is 2.96. The smallest absolute Gasteiger partial charge is 0.328 e. The van der Waals surface area contributed by atoms with Crippen molar-refractivity contribution in [1.82, 2.24) is 0 Å². The van der Waals surface area contributed by atoms with Gasteiger partial charge in [-0.15, -0.1) is 0 Å². The summed E-state index contributed by atoms with van der Waals surface area (Å²) in [5.74, 6) is -0.952. The van der Waals surface area contributed by atoms with Gasteiger partial charge in [-0.25, -0.2) is 0 Å². The Bertz CT molecular complexity index is 782. The maximum absolute atomic E-state index is 12.9. The number of fused-ring (bicyclic) bond motifs is 1. The Morgan fingerprint density at radius 3 is 2.52 bits per heavy atom. The Labute approximate surface area is 146 Å². The molecular formula is C20H20O5. The lowest BCUT2D eigenvalue weighted by molar-refractivity contribution is -0.173. The molecule has 5 nitrogen and oxygen atoms in total. The topological polar surface area (TPSA) is 69.7 Å². The van der Waals surface area contributed by atoms with E-state index in [0.717, 1.165) is 5.56 Å².